The Morgan fingerprint density at radius 2 is 2.06 bits per heavy atom. The van der Waals surface area contributed by atoms with Gasteiger partial charge in [0.15, 0.2) is 0 Å². The SMILES string of the molecule is CCOC(=O)[C@H](C)[C@@H](O)C#Cc1ccccc1. The number of esters is 1. The third-order valence-corrected chi connectivity index (χ3v) is 2.27. The first-order valence-electron chi connectivity index (χ1n) is 5.56. The second-order valence-electron chi connectivity index (χ2n) is 3.62. The van der Waals surface area contributed by atoms with Crippen molar-refractivity contribution >= 4 is 5.97 Å². The Kier molecular flexibility index (Phi) is 5.25. The lowest BCUT2D eigenvalue weighted by Gasteiger charge is -2.11. The monoisotopic (exact) mass is 232 g/mol. The summed E-state index contributed by atoms with van der Waals surface area (Å²) in [5.41, 5.74) is 0.808. The number of aliphatic hydroxyl groups excluding tert-OH is 1. The Morgan fingerprint density at radius 1 is 1.41 bits per heavy atom. The molecule has 2 atom stereocenters. The Hall–Kier alpha value is -1.79. The summed E-state index contributed by atoms with van der Waals surface area (Å²) in [7, 11) is 0. The fourth-order valence-corrected chi connectivity index (χ4v) is 1.21. The largest absolute Gasteiger partial charge is 0.466 e. The highest BCUT2D eigenvalue weighted by molar-refractivity contribution is 5.73. The smallest absolute Gasteiger partial charge is 0.312 e. The number of carbonyl (C=O) groups is 1. The van der Waals surface area contributed by atoms with Gasteiger partial charge in [0.1, 0.15) is 6.10 Å². The van der Waals surface area contributed by atoms with E-state index in [4.69, 9.17) is 4.74 Å². The Bertz CT molecular complexity index is 414. The van der Waals surface area contributed by atoms with Gasteiger partial charge in [0, 0.05) is 5.56 Å². The number of hydrogen-bond donors (Lipinski definition) is 1. The molecule has 0 radical (unpaired) electrons. The molecule has 0 saturated heterocycles. The van der Waals surface area contributed by atoms with Gasteiger partial charge in [0.25, 0.3) is 0 Å². The molecule has 0 heterocycles. The zero-order chi connectivity index (χ0) is 12.7. The molecule has 0 saturated carbocycles. The molecule has 0 aromatic heterocycles. The van der Waals surface area contributed by atoms with Gasteiger partial charge in [-0.25, -0.2) is 0 Å². The van der Waals surface area contributed by atoms with Gasteiger partial charge in [-0.1, -0.05) is 30.0 Å². The molecule has 0 spiro atoms. The normalized spacial score (nSPS) is 13.1. The van der Waals surface area contributed by atoms with Gasteiger partial charge in [0.2, 0.25) is 0 Å². The van der Waals surface area contributed by atoms with Crippen molar-refractivity contribution in [1.29, 1.82) is 0 Å². The molecule has 0 fully saturated rings. The van der Waals surface area contributed by atoms with Gasteiger partial charge >= 0.3 is 5.97 Å². The Morgan fingerprint density at radius 3 is 2.65 bits per heavy atom. The van der Waals surface area contributed by atoms with E-state index in [1.807, 2.05) is 30.3 Å². The van der Waals surface area contributed by atoms with Crippen molar-refractivity contribution in [3.8, 4) is 11.8 Å². The van der Waals surface area contributed by atoms with Crippen LogP contribution in [0.2, 0.25) is 0 Å². The van der Waals surface area contributed by atoms with Crippen LogP contribution in [0.25, 0.3) is 0 Å². The minimum atomic E-state index is -1.01. The predicted octanol–water partition coefficient (Wildman–Crippen LogP) is 1.60. The number of benzene rings is 1. The van der Waals surface area contributed by atoms with Crippen LogP contribution in [0.1, 0.15) is 19.4 Å². The van der Waals surface area contributed by atoms with E-state index in [2.05, 4.69) is 11.8 Å². The number of ether oxygens (including phenoxy) is 1. The van der Waals surface area contributed by atoms with E-state index in [1.54, 1.807) is 13.8 Å². The van der Waals surface area contributed by atoms with E-state index >= 15 is 0 Å². The van der Waals surface area contributed by atoms with Crippen molar-refractivity contribution in [2.24, 2.45) is 5.92 Å². The fourth-order valence-electron chi connectivity index (χ4n) is 1.21. The molecule has 0 aliphatic rings. The lowest BCUT2D eigenvalue weighted by Crippen LogP contribution is -2.26. The zero-order valence-corrected chi connectivity index (χ0v) is 10.0. The number of rotatable bonds is 3. The molecule has 1 aromatic carbocycles. The molecule has 0 aliphatic heterocycles. The molecule has 0 bridgehead atoms. The standard InChI is InChI=1S/C14H16O3/c1-3-17-14(16)11(2)13(15)10-9-12-7-5-4-6-8-12/h4-8,11,13,15H,3H2,1-2H3/t11-,13+/m1/s1. The van der Waals surface area contributed by atoms with Gasteiger partial charge in [-0.2, -0.15) is 0 Å². The lowest BCUT2D eigenvalue weighted by atomic mass is 10.1. The third-order valence-electron chi connectivity index (χ3n) is 2.27. The maximum absolute atomic E-state index is 11.3. The molecule has 1 rings (SSSR count). The second kappa shape index (κ2) is 6.72. The molecule has 0 amide bonds. The van der Waals surface area contributed by atoms with Crippen molar-refractivity contribution in [3.05, 3.63) is 35.9 Å². The minimum absolute atomic E-state index is 0.308. The molecule has 0 aliphatic carbocycles. The molecule has 0 unspecified atom stereocenters. The summed E-state index contributed by atoms with van der Waals surface area (Å²) in [5.74, 6) is 4.40. The summed E-state index contributed by atoms with van der Waals surface area (Å²) < 4.78 is 4.81. The van der Waals surface area contributed by atoms with E-state index in [0.717, 1.165) is 5.56 Å². The van der Waals surface area contributed by atoms with E-state index in [-0.39, 0.29) is 0 Å². The summed E-state index contributed by atoms with van der Waals surface area (Å²) in [6, 6.07) is 9.31. The van der Waals surface area contributed by atoms with E-state index in [1.165, 1.54) is 0 Å². The first-order valence-corrected chi connectivity index (χ1v) is 5.56. The van der Waals surface area contributed by atoms with Crippen LogP contribution in [-0.2, 0) is 9.53 Å². The van der Waals surface area contributed by atoms with Crippen molar-refractivity contribution in [2.75, 3.05) is 6.61 Å². The number of hydrogen-bond acceptors (Lipinski definition) is 3. The van der Waals surface area contributed by atoms with Crippen LogP contribution in [0, 0.1) is 17.8 Å². The number of aliphatic hydroxyl groups is 1. The summed E-state index contributed by atoms with van der Waals surface area (Å²) in [5, 5.41) is 9.70. The second-order valence-corrected chi connectivity index (χ2v) is 3.62. The minimum Gasteiger partial charge on any atom is -0.466 e. The van der Waals surface area contributed by atoms with Gasteiger partial charge < -0.3 is 9.84 Å². The van der Waals surface area contributed by atoms with E-state index in [0.29, 0.717) is 6.61 Å². The predicted molar refractivity (Wildman–Crippen MR) is 65.1 cm³/mol. The van der Waals surface area contributed by atoms with Crippen LogP contribution in [0.15, 0.2) is 30.3 Å². The molecule has 3 nitrogen and oxygen atoms in total. The maximum atomic E-state index is 11.3. The van der Waals surface area contributed by atoms with Crippen molar-refractivity contribution in [2.45, 2.75) is 20.0 Å². The van der Waals surface area contributed by atoms with Crippen molar-refractivity contribution in [3.63, 3.8) is 0 Å². The van der Waals surface area contributed by atoms with Crippen LogP contribution >= 0.6 is 0 Å². The molecular formula is C14H16O3. The first kappa shape index (κ1) is 13.3. The number of carbonyl (C=O) groups excluding carboxylic acids is 1. The van der Waals surface area contributed by atoms with E-state index in [9.17, 15) is 9.90 Å². The van der Waals surface area contributed by atoms with Crippen molar-refractivity contribution < 1.29 is 14.6 Å². The molecule has 1 aromatic rings. The quantitative estimate of drug-likeness (QED) is 0.636. The van der Waals surface area contributed by atoms with Crippen LogP contribution in [0.5, 0.6) is 0 Å². The average Bonchev–Trinajstić information content (AvgIpc) is 2.36. The van der Waals surface area contributed by atoms with Crippen LogP contribution in [-0.4, -0.2) is 23.8 Å². The van der Waals surface area contributed by atoms with Crippen molar-refractivity contribution in [1.82, 2.24) is 0 Å². The highest BCUT2D eigenvalue weighted by Crippen LogP contribution is 2.05. The Balaban J connectivity index is 2.63. The molecule has 17 heavy (non-hydrogen) atoms. The molecular weight excluding hydrogens is 216 g/mol. The summed E-state index contributed by atoms with van der Waals surface area (Å²) in [6.07, 6.45) is -1.01. The topological polar surface area (TPSA) is 46.5 Å². The lowest BCUT2D eigenvalue weighted by molar-refractivity contribution is -0.149. The van der Waals surface area contributed by atoms with Crippen LogP contribution in [0.4, 0.5) is 0 Å². The summed E-state index contributed by atoms with van der Waals surface area (Å²) >= 11 is 0. The van der Waals surface area contributed by atoms with Gasteiger partial charge in [0.05, 0.1) is 12.5 Å². The highest BCUT2D eigenvalue weighted by atomic mass is 16.5. The molecule has 1 N–H and O–H groups in total. The Labute approximate surface area is 101 Å². The first-order chi connectivity index (χ1) is 8.15. The molecule has 90 valence electrons. The van der Waals surface area contributed by atoms with Gasteiger partial charge in [-0.15, -0.1) is 0 Å². The third kappa shape index (κ3) is 4.29. The summed E-state index contributed by atoms with van der Waals surface area (Å²) in [6.45, 7) is 3.64. The highest BCUT2D eigenvalue weighted by Gasteiger charge is 2.21. The molecule has 3 heteroatoms. The van der Waals surface area contributed by atoms with Gasteiger partial charge in [-0.3, -0.25) is 4.79 Å². The summed E-state index contributed by atoms with van der Waals surface area (Å²) in [4.78, 5) is 11.3. The maximum Gasteiger partial charge on any atom is 0.312 e. The van der Waals surface area contributed by atoms with Crippen LogP contribution in [0.3, 0.4) is 0 Å². The van der Waals surface area contributed by atoms with Crippen LogP contribution < -0.4 is 0 Å². The van der Waals surface area contributed by atoms with Gasteiger partial charge in [-0.05, 0) is 26.0 Å². The fraction of sp³-hybridized carbons (Fsp3) is 0.357. The zero-order valence-electron chi connectivity index (χ0n) is 10.0. The average molecular weight is 232 g/mol. The van der Waals surface area contributed by atoms with E-state index < -0.39 is 18.0 Å².